The molecular weight excluding hydrogens is 416 g/mol. The average Bonchev–Trinajstić information content (AvgIpc) is 2.78. The molecule has 1 fully saturated rings. The van der Waals surface area contributed by atoms with Crippen LogP contribution in [0.4, 0.5) is 23.2 Å². The van der Waals surface area contributed by atoms with Crippen LogP contribution < -0.4 is 10.0 Å². The van der Waals surface area contributed by atoms with Crippen LogP contribution >= 0.6 is 0 Å². The fraction of sp³-hybridized carbons (Fsp3) is 0.412. The number of carbonyl (C=O) groups is 1. The van der Waals surface area contributed by atoms with Crippen molar-refractivity contribution in [2.24, 2.45) is 7.05 Å². The van der Waals surface area contributed by atoms with Crippen LogP contribution in [0.2, 0.25) is 0 Å². The first-order chi connectivity index (χ1) is 13.2. The molecule has 2 N–H and O–H groups in total. The number of hydrogen-bond acceptors (Lipinski definition) is 4. The fourth-order valence-corrected chi connectivity index (χ4v) is 4.98. The largest absolute Gasteiger partial charge is 0.343 e. The van der Waals surface area contributed by atoms with Gasteiger partial charge in [0.05, 0.1) is 0 Å². The van der Waals surface area contributed by atoms with Gasteiger partial charge in [-0.3, -0.25) is 4.79 Å². The predicted molar refractivity (Wildman–Crippen MR) is 95.2 cm³/mol. The van der Waals surface area contributed by atoms with Crippen LogP contribution in [0.25, 0.3) is 0 Å². The number of carbonyl (C=O) groups excluding carboxylic acids is 1. The van der Waals surface area contributed by atoms with Gasteiger partial charge in [0.25, 0.3) is 11.8 Å². The van der Waals surface area contributed by atoms with Crippen LogP contribution in [0, 0.1) is 18.7 Å². The Morgan fingerprint density at radius 3 is 2.41 bits per heavy atom. The molecule has 12 heteroatoms. The Bertz CT molecular complexity index is 1070. The molecule has 0 bridgehead atoms. The Morgan fingerprint density at radius 2 is 1.86 bits per heavy atom. The molecule has 0 atom stereocenters. The normalized spacial score (nSPS) is 17.6. The molecule has 0 aromatic carbocycles. The number of nitrogens with one attached hydrogen (secondary N) is 2. The summed E-state index contributed by atoms with van der Waals surface area (Å²) in [4.78, 5) is 15.1. The summed E-state index contributed by atoms with van der Waals surface area (Å²) in [6.45, 7) is 2.78. The highest BCUT2D eigenvalue weighted by Gasteiger charge is 2.55. The monoisotopic (exact) mass is 434 g/mol. The van der Waals surface area contributed by atoms with E-state index in [9.17, 15) is 30.8 Å². The maximum absolute atomic E-state index is 14.8. The first kappa shape index (κ1) is 21.2. The number of alkyl halides is 2. The second-order valence-corrected chi connectivity index (χ2v) is 9.07. The lowest BCUT2D eigenvalue weighted by molar-refractivity contribution is -0.121. The molecule has 0 spiro atoms. The van der Waals surface area contributed by atoms with E-state index in [1.165, 1.54) is 27.0 Å². The van der Waals surface area contributed by atoms with E-state index in [-0.39, 0.29) is 11.4 Å². The summed E-state index contributed by atoms with van der Waals surface area (Å²) < 4.78 is 82.5. The number of nitrogens with zero attached hydrogens (tertiary/aromatic N) is 2. The zero-order chi connectivity index (χ0) is 21.8. The van der Waals surface area contributed by atoms with Gasteiger partial charge in [-0.15, -0.1) is 0 Å². The smallest absolute Gasteiger partial charge is 0.275 e. The van der Waals surface area contributed by atoms with Gasteiger partial charge in [0, 0.05) is 49.1 Å². The van der Waals surface area contributed by atoms with Gasteiger partial charge in [0.2, 0.25) is 16.0 Å². The Balaban J connectivity index is 1.87. The number of pyridine rings is 1. The molecule has 158 valence electrons. The van der Waals surface area contributed by atoms with Crippen molar-refractivity contribution in [2.45, 2.75) is 43.0 Å². The maximum atomic E-state index is 14.8. The summed E-state index contributed by atoms with van der Waals surface area (Å²) in [6.07, 6.45) is -0.562. The third kappa shape index (κ3) is 4.27. The lowest BCUT2D eigenvalue weighted by Gasteiger charge is -2.44. The second-order valence-electron chi connectivity index (χ2n) is 7.42. The van der Waals surface area contributed by atoms with Gasteiger partial charge in [-0.2, -0.15) is 4.39 Å². The zero-order valence-corrected chi connectivity index (χ0v) is 16.5. The first-order valence-electron chi connectivity index (χ1n) is 8.44. The summed E-state index contributed by atoms with van der Waals surface area (Å²) >= 11 is 0. The number of halogens is 4. The minimum atomic E-state index is -4.51. The van der Waals surface area contributed by atoms with Crippen LogP contribution in [0.3, 0.4) is 0 Å². The van der Waals surface area contributed by atoms with Crippen LogP contribution in [0.5, 0.6) is 0 Å². The molecule has 0 radical (unpaired) electrons. The molecule has 0 saturated heterocycles. The quantitative estimate of drug-likeness (QED) is 0.559. The third-order valence-corrected chi connectivity index (χ3v) is 6.08. The first-order valence-corrected chi connectivity index (χ1v) is 9.92. The molecule has 2 aromatic rings. The predicted octanol–water partition coefficient (Wildman–Crippen LogP) is 2.73. The van der Waals surface area contributed by atoms with Crippen LogP contribution in [-0.2, 0) is 17.1 Å². The minimum Gasteiger partial charge on any atom is -0.343 e. The zero-order valence-electron chi connectivity index (χ0n) is 15.7. The highest BCUT2D eigenvalue weighted by molar-refractivity contribution is 7.89. The molecule has 3 rings (SSSR count). The van der Waals surface area contributed by atoms with Crippen molar-refractivity contribution in [3.05, 3.63) is 41.5 Å². The van der Waals surface area contributed by atoms with Crippen LogP contribution in [0.1, 0.15) is 35.9 Å². The van der Waals surface area contributed by atoms with Crippen molar-refractivity contribution in [2.75, 3.05) is 5.32 Å². The standard InChI is InChI=1S/C17H18F4N4O3S/c1-9-4-10(5-12(18)22-9)23-15(26)14-13(19)11(6-25(14)3)29(27,28)24-16(2)7-17(20,21)8-16/h4-6,24H,7-8H2,1-3H3,(H,22,23,26). The summed E-state index contributed by atoms with van der Waals surface area (Å²) in [5.41, 5.74) is -1.76. The Labute approximate surface area is 164 Å². The molecule has 0 aliphatic heterocycles. The highest BCUT2D eigenvalue weighted by atomic mass is 32.2. The minimum absolute atomic E-state index is 0.00680. The molecule has 1 amide bonds. The van der Waals surface area contributed by atoms with Gasteiger partial charge in [-0.05, 0) is 19.9 Å². The van der Waals surface area contributed by atoms with E-state index in [2.05, 4.69) is 15.0 Å². The van der Waals surface area contributed by atoms with Gasteiger partial charge in [0.15, 0.2) is 5.82 Å². The van der Waals surface area contributed by atoms with E-state index >= 15 is 0 Å². The molecule has 29 heavy (non-hydrogen) atoms. The van der Waals surface area contributed by atoms with E-state index in [1.54, 1.807) is 0 Å². The summed E-state index contributed by atoms with van der Waals surface area (Å²) in [5.74, 6) is -6.21. The number of hydrogen-bond donors (Lipinski definition) is 2. The molecule has 2 aromatic heterocycles. The molecule has 2 heterocycles. The van der Waals surface area contributed by atoms with Crippen molar-refractivity contribution in [3.63, 3.8) is 0 Å². The topological polar surface area (TPSA) is 93.1 Å². The summed E-state index contributed by atoms with van der Waals surface area (Å²) in [7, 11) is -3.27. The van der Waals surface area contributed by atoms with E-state index in [0.29, 0.717) is 0 Å². The number of rotatable bonds is 5. The van der Waals surface area contributed by atoms with Gasteiger partial charge < -0.3 is 9.88 Å². The van der Waals surface area contributed by atoms with Gasteiger partial charge in [0.1, 0.15) is 10.6 Å². The number of sulfonamides is 1. The number of amides is 1. The fourth-order valence-electron chi connectivity index (χ4n) is 3.45. The lowest BCUT2D eigenvalue weighted by atomic mass is 9.76. The third-order valence-electron chi connectivity index (χ3n) is 4.45. The molecule has 7 nitrogen and oxygen atoms in total. The SMILES string of the molecule is Cc1cc(NC(=O)c2c(F)c(S(=O)(=O)NC3(C)CC(F)(F)C3)cn2C)cc(F)n1. The van der Waals surface area contributed by atoms with E-state index in [1.807, 2.05) is 0 Å². The van der Waals surface area contributed by atoms with Crippen molar-refractivity contribution in [1.29, 1.82) is 0 Å². The Morgan fingerprint density at radius 1 is 1.24 bits per heavy atom. The molecule has 1 aliphatic carbocycles. The highest BCUT2D eigenvalue weighted by Crippen LogP contribution is 2.46. The lowest BCUT2D eigenvalue weighted by Crippen LogP contribution is -2.60. The Hall–Kier alpha value is -2.47. The number of aromatic nitrogens is 2. The number of anilines is 1. The maximum Gasteiger partial charge on any atom is 0.275 e. The van der Waals surface area contributed by atoms with Crippen molar-refractivity contribution < 1.29 is 30.8 Å². The molecular formula is C17H18F4N4O3S. The van der Waals surface area contributed by atoms with E-state index in [0.717, 1.165) is 16.8 Å². The van der Waals surface area contributed by atoms with Crippen LogP contribution in [0.15, 0.2) is 23.2 Å². The van der Waals surface area contributed by atoms with Gasteiger partial charge in [-0.25, -0.2) is 31.3 Å². The molecule has 1 saturated carbocycles. The van der Waals surface area contributed by atoms with E-state index in [4.69, 9.17) is 0 Å². The van der Waals surface area contributed by atoms with E-state index < -0.39 is 62.6 Å². The summed E-state index contributed by atoms with van der Waals surface area (Å²) in [5, 5.41) is 2.27. The van der Waals surface area contributed by atoms with Crippen LogP contribution in [-0.4, -0.2) is 35.3 Å². The number of aryl methyl sites for hydroxylation is 2. The van der Waals surface area contributed by atoms with Gasteiger partial charge in [-0.1, -0.05) is 0 Å². The van der Waals surface area contributed by atoms with Crippen molar-refractivity contribution in [3.8, 4) is 0 Å². The Kier molecular flexibility index (Phi) is 4.98. The van der Waals surface area contributed by atoms with Crippen molar-refractivity contribution in [1.82, 2.24) is 14.3 Å². The second kappa shape index (κ2) is 6.80. The summed E-state index contributed by atoms with van der Waals surface area (Å²) in [6, 6.07) is 2.27. The van der Waals surface area contributed by atoms with Crippen molar-refractivity contribution >= 4 is 21.6 Å². The molecule has 0 unspecified atom stereocenters. The molecule has 1 aliphatic rings. The van der Waals surface area contributed by atoms with Gasteiger partial charge >= 0.3 is 0 Å². The average molecular weight is 434 g/mol.